The molecule has 0 radical (unpaired) electrons. The molecule has 5 nitrogen and oxygen atoms in total. The first kappa shape index (κ1) is 19.2. The van der Waals surface area contributed by atoms with Crippen molar-refractivity contribution in [3.8, 4) is 0 Å². The number of sulfonamides is 1. The molecule has 1 aliphatic heterocycles. The Hall–Kier alpha value is -1.54. The Morgan fingerprint density at radius 3 is 2.65 bits per heavy atom. The van der Waals surface area contributed by atoms with E-state index in [-0.39, 0.29) is 10.8 Å². The minimum Gasteiger partial charge on any atom is -0.325 e. The summed E-state index contributed by atoms with van der Waals surface area (Å²) in [5.74, 6) is -0.307. The first-order valence-electron chi connectivity index (χ1n) is 8.14. The third kappa shape index (κ3) is 4.06. The highest BCUT2D eigenvalue weighted by molar-refractivity contribution is 7.98. The molecule has 1 heterocycles. The largest absolute Gasteiger partial charge is 0.325 e. The van der Waals surface area contributed by atoms with E-state index in [0.717, 1.165) is 4.90 Å². The van der Waals surface area contributed by atoms with Gasteiger partial charge in [-0.25, -0.2) is 8.42 Å². The van der Waals surface area contributed by atoms with Crippen LogP contribution >= 0.6 is 23.4 Å². The standard InChI is InChI=1S/C18H19ClN2O3S2/c1-25-15-5-2-4-14(12-15)20-18(22)17-6-3-11-21(17)26(23,24)16-9-7-13(19)8-10-16/h2,4-5,7-10,12,17H,3,6,11H2,1H3,(H,20,22). The molecule has 3 rings (SSSR count). The summed E-state index contributed by atoms with van der Waals surface area (Å²) in [5.41, 5.74) is 0.664. The average molecular weight is 411 g/mol. The van der Waals surface area contributed by atoms with E-state index >= 15 is 0 Å². The molecular formula is C18H19ClN2O3S2. The van der Waals surface area contributed by atoms with Crippen LogP contribution < -0.4 is 5.32 Å². The number of anilines is 1. The lowest BCUT2D eigenvalue weighted by atomic mass is 10.2. The summed E-state index contributed by atoms with van der Waals surface area (Å²) in [6.45, 7) is 0.327. The van der Waals surface area contributed by atoms with Crippen LogP contribution in [0.15, 0.2) is 58.3 Å². The van der Waals surface area contributed by atoms with E-state index in [1.54, 1.807) is 17.8 Å². The number of hydrogen-bond acceptors (Lipinski definition) is 4. The number of rotatable bonds is 5. The van der Waals surface area contributed by atoms with Crippen LogP contribution in [-0.4, -0.2) is 37.5 Å². The van der Waals surface area contributed by atoms with Gasteiger partial charge in [0.2, 0.25) is 15.9 Å². The first-order chi connectivity index (χ1) is 12.4. The second-order valence-corrected chi connectivity index (χ2v) is 9.16. The molecule has 8 heteroatoms. The fourth-order valence-electron chi connectivity index (χ4n) is 2.96. The van der Waals surface area contributed by atoms with Crippen molar-refractivity contribution in [1.29, 1.82) is 0 Å². The van der Waals surface area contributed by atoms with Crippen molar-refractivity contribution in [1.82, 2.24) is 4.31 Å². The van der Waals surface area contributed by atoms with Crippen molar-refractivity contribution in [2.75, 3.05) is 18.1 Å². The molecule has 1 N–H and O–H groups in total. The Morgan fingerprint density at radius 1 is 1.23 bits per heavy atom. The van der Waals surface area contributed by atoms with Gasteiger partial charge in [-0.1, -0.05) is 17.7 Å². The molecule has 1 saturated heterocycles. The van der Waals surface area contributed by atoms with Gasteiger partial charge in [-0.05, 0) is 61.6 Å². The van der Waals surface area contributed by atoms with Gasteiger partial charge in [0.15, 0.2) is 0 Å². The summed E-state index contributed by atoms with van der Waals surface area (Å²) in [6, 6.07) is 12.8. The predicted molar refractivity (Wildman–Crippen MR) is 105 cm³/mol. The smallest absolute Gasteiger partial charge is 0.243 e. The van der Waals surface area contributed by atoms with Crippen LogP contribution in [0.25, 0.3) is 0 Å². The lowest BCUT2D eigenvalue weighted by molar-refractivity contribution is -0.119. The Morgan fingerprint density at radius 2 is 1.96 bits per heavy atom. The van der Waals surface area contributed by atoms with Gasteiger partial charge < -0.3 is 5.32 Å². The van der Waals surface area contributed by atoms with Gasteiger partial charge in [-0.3, -0.25) is 4.79 Å². The summed E-state index contributed by atoms with van der Waals surface area (Å²) in [7, 11) is -3.75. The number of nitrogens with one attached hydrogen (secondary N) is 1. The lowest BCUT2D eigenvalue weighted by Gasteiger charge is -2.23. The Labute approximate surface area is 162 Å². The van der Waals surface area contributed by atoms with E-state index in [1.165, 1.54) is 28.6 Å². The fraction of sp³-hybridized carbons (Fsp3) is 0.278. The van der Waals surface area contributed by atoms with E-state index in [9.17, 15) is 13.2 Å². The molecule has 0 spiro atoms. The molecule has 2 aromatic carbocycles. The molecule has 1 atom stereocenters. The van der Waals surface area contributed by atoms with Gasteiger partial charge in [-0.15, -0.1) is 11.8 Å². The molecule has 0 aromatic heterocycles. The zero-order chi connectivity index (χ0) is 18.7. The molecule has 0 bridgehead atoms. The molecule has 26 heavy (non-hydrogen) atoms. The van der Waals surface area contributed by atoms with Gasteiger partial charge in [0.25, 0.3) is 0 Å². The molecule has 1 fully saturated rings. The van der Waals surface area contributed by atoms with E-state index in [0.29, 0.717) is 30.1 Å². The Kier molecular flexibility index (Phi) is 5.92. The second-order valence-electron chi connectivity index (χ2n) is 5.95. The van der Waals surface area contributed by atoms with Crippen LogP contribution in [0.2, 0.25) is 5.02 Å². The number of amides is 1. The Balaban J connectivity index is 1.80. The van der Waals surface area contributed by atoms with Crippen LogP contribution in [-0.2, 0) is 14.8 Å². The van der Waals surface area contributed by atoms with Crippen LogP contribution in [0.3, 0.4) is 0 Å². The minimum atomic E-state index is -3.75. The second kappa shape index (κ2) is 8.00. The SMILES string of the molecule is CSc1cccc(NC(=O)C2CCCN2S(=O)(=O)c2ccc(Cl)cc2)c1. The van der Waals surface area contributed by atoms with Gasteiger partial charge in [0, 0.05) is 22.2 Å². The van der Waals surface area contributed by atoms with Crippen molar-refractivity contribution in [3.05, 3.63) is 53.6 Å². The maximum atomic E-state index is 12.9. The lowest BCUT2D eigenvalue weighted by Crippen LogP contribution is -2.43. The highest BCUT2D eigenvalue weighted by Gasteiger charge is 2.39. The number of hydrogen-bond donors (Lipinski definition) is 1. The molecule has 0 saturated carbocycles. The van der Waals surface area contributed by atoms with Crippen LogP contribution in [0, 0.1) is 0 Å². The summed E-state index contributed by atoms with van der Waals surface area (Å²) in [4.78, 5) is 13.9. The average Bonchev–Trinajstić information content (AvgIpc) is 3.13. The Bertz CT molecular complexity index is 901. The summed E-state index contributed by atoms with van der Waals surface area (Å²) in [5, 5.41) is 3.31. The van der Waals surface area contributed by atoms with E-state index < -0.39 is 16.1 Å². The fourth-order valence-corrected chi connectivity index (χ4v) is 5.20. The van der Waals surface area contributed by atoms with Crippen LogP contribution in [0.4, 0.5) is 5.69 Å². The number of halogens is 1. The normalized spacial score (nSPS) is 18.0. The van der Waals surface area contributed by atoms with Gasteiger partial charge in [0.05, 0.1) is 4.90 Å². The topological polar surface area (TPSA) is 66.5 Å². The third-order valence-corrected chi connectivity index (χ3v) is 7.16. The summed E-state index contributed by atoms with van der Waals surface area (Å²) >= 11 is 7.42. The molecular weight excluding hydrogens is 392 g/mol. The summed E-state index contributed by atoms with van der Waals surface area (Å²) in [6.07, 6.45) is 3.11. The number of nitrogens with zero attached hydrogens (tertiary/aromatic N) is 1. The number of benzene rings is 2. The van der Waals surface area contributed by atoms with Gasteiger partial charge >= 0.3 is 0 Å². The number of carbonyl (C=O) groups is 1. The first-order valence-corrected chi connectivity index (χ1v) is 11.2. The van der Waals surface area contributed by atoms with Crippen molar-refractivity contribution < 1.29 is 13.2 Å². The maximum Gasteiger partial charge on any atom is 0.243 e. The molecule has 1 unspecified atom stereocenters. The molecule has 1 amide bonds. The van der Waals surface area contributed by atoms with Crippen molar-refractivity contribution in [2.24, 2.45) is 0 Å². The van der Waals surface area contributed by atoms with Gasteiger partial charge in [-0.2, -0.15) is 4.31 Å². The van der Waals surface area contributed by atoms with E-state index in [4.69, 9.17) is 11.6 Å². The predicted octanol–water partition coefficient (Wildman–Crippen LogP) is 3.85. The van der Waals surface area contributed by atoms with E-state index in [2.05, 4.69) is 5.32 Å². The zero-order valence-electron chi connectivity index (χ0n) is 14.2. The third-order valence-electron chi connectivity index (χ3n) is 4.26. The maximum absolute atomic E-state index is 12.9. The van der Waals surface area contributed by atoms with Crippen molar-refractivity contribution in [2.45, 2.75) is 28.7 Å². The molecule has 2 aromatic rings. The van der Waals surface area contributed by atoms with Crippen molar-refractivity contribution in [3.63, 3.8) is 0 Å². The number of carbonyl (C=O) groups excluding carboxylic acids is 1. The highest BCUT2D eigenvalue weighted by atomic mass is 35.5. The minimum absolute atomic E-state index is 0.144. The molecule has 1 aliphatic rings. The molecule has 0 aliphatic carbocycles. The van der Waals surface area contributed by atoms with Crippen LogP contribution in [0.5, 0.6) is 0 Å². The quantitative estimate of drug-likeness (QED) is 0.760. The highest BCUT2D eigenvalue weighted by Crippen LogP contribution is 2.28. The van der Waals surface area contributed by atoms with Crippen LogP contribution in [0.1, 0.15) is 12.8 Å². The summed E-state index contributed by atoms with van der Waals surface area (Å²) < 4.78 is 27.1. The van der Waals surface area contributed by atoms with Gasteiger partial charge in [0.1, 0.15) is 6.04 Å². The number of thioether (sulfide) groups is 1. The van der Waals surface area contributed by atoms with Crippen molar-refractivity contribution >= 4 is 45.0 Å². The zero-order valence-corrected chi connectivity index (χ0v) is 16.6. The monoisotopic (exact) mass is 410 g/mol. The molecule has 138 valence electrons. The van der Waals surface area contributed by atoms with E-state index in [1.807, 2.05) is 24.5 Å².